The van der Waals surface area contributed by atoms with E-state index < -0.39 is 0 Å². The highest BCUT2D eigenvalue weighted by Crippen LogP contribution is 2.28. The zero-order valence-corrected chi connectivity index (χ0v) is 11.8. The Hall–Kier alpha value is -1.88. The van der Waals surface area contributed by atoms with Crippen LogP contribution in [0.1, 0.15) is 36.5 Å². The third-order valence-corrected chi connectivity index (χ3v) is 4.13. The van der Waals surface area contributed by atoms with Gasteiger partial charge in [0.05, 0.1) is 0 Å². The highest BCUT2D eigenvalue weighted by Gasteiger charge is 2.25. The molecular weight excluding hydrogens is 271 g/mol. The average molecular weight is 290 g/mol. The maximum absolute atomic E-state index is 12.9. The first-order valence-corrected chi connectivity index (χ1v) is 7.37. The predicted molar refractivity (Wildman–Crippen MR) is 77.8 cm³/mol. The summed E-state index contributed by atoms with van der Waals surface area (Å²) in [4.78, 5) is 11.2. The van der Waals surface area contributed by atoms with Crippen molar-refractivity contribution in [3.05, 3.63) is 57.8 Å². The van der Waals surface area contributed by atoms with Crippen LogP contribution in [0.4, 0.5) is 4.39 Å². The number of rotatable bonds is 4. The number of piperidine rings is 1. The van der Waals surface area contributed by atoms with Crippen LogP contribution in [-0.4, -0.2) is 17.7 Å². The molecule has 1 saturated heterocycles. The van der Waals surface area contributed by atoms with Crippen LogP contribution in [0.2, 0.25) is 0 Å². The van der Waals surface area contributed by atoms with Gasteiger partial charge in [0, 0.05) is 18.0 Å². The van der Waals surface area contributed by atoms with Crippen molar-refractivity contribution in [2.24, 2.45) is 0 Å². The molecule has 0 unspecified atom stereocenters. The predicted octanol–water partition coefficient (Wildman–Crippen LogP) is 2.58. The normalized spacial score (nSPS) is 22.3. The van der Waals surface area contributed by atoms with Gasteiger partial charge in [-0.2, -0.15) is 5.16 Å². The molecule has 2 aromatic rings. The van der Waals surface area contributed by atoms with Crippen LogP contribution < -0.4 is 10.9 Å². The van der Waals surface area contributed by atoms with Crippen LogP contribution in [0.3, 0.4) is 0 Å². The number of nitrogens with one attached hydrogen (secondary N) is 2. The molecule has 0 amide bonds. The molecule has 2 heterocycles. The summed E-state index contributed by atoms with van der Waals surface area (Å²) in [5.74, 6) is 0.855. The van der Waals surface area contributed by atoms with Crippen molar-refractivity contribution in [1.29, 1.82) is 0 Å². The van der Waals surface area contributed by atoms with Gasteiger partial charge >= 0.3 is 0 Å². The molecule has 21 heavy (non-hydrogen) atoms. The second kappa shape index (κ2) is 6.26. The second-order valence-electron chi connectivity index (χ2n) is 5.65. The van der Waals surface area contributed by atoms with Crippen LogP contribution in [-0.2, 0) is 6.42 Å². The molecule has 1 aliphatic heterocycles. The number of aromatic amines is 1. The third-order valence-electron chi connectivity index (χ3n) is 4.13. The van der Waals surface area contributed by atoms with Gasteiger partial charge in [-0.15, -0.1) is 0 Å². The molecule has 3 rings (SSSR count). The number of halogens is 1. The zero-order valence-electron chi connectivity index (χ0n) is 11.8. The Morgan fingerprint density at radius 1 is 1.29 bits per heavy atom. The first-order valence-electron chi connectivity index (χ1n) is 7.37. The first-order chi connectivity index (χ1) is 10.2. The maximum Gasteiger partial charge on any atom is 0.280 e. The topological polar surface area (TPSA) is 58.0 Å². The molecule has 1 aromatic carbocycles. The lowest BCUT2D eigenvalue weighted by molar-refractivity contribution is 0.287. The second-order valence-corrected chi connectivity index (χ2v) is 5.65. The van der Waals surface area contributed by atoms with E-state index in [0.29, 0.717) is 12.0 Å². The quantitative estimate of drug-likeness (QED) is 0.910. The molecule has 0 spiro atoms. The third kappa shape index (κ3) is 3.61. The maximum atomic E-state index is 12.9. The minimum Gasteiger partial charge on any atom is -0.383 e. The Bertz CT molecular complexity index is 632. The van der Waals surface area contributed by atoms with E-state index in [4.69, 9.17) is 4.52 Å². The number of hydrogen-bond donors (Lipinski definition) is 2. The molecule has 0 saturated carbocycles. The number of H-pyrrole nitrogens is 1. The first kappa shape index (κ1) is 14.1. The fourth-order valence-electron chi connectivity index (χ4n) is 2.98. The van der Waals surface area contributed by atoms with Gasteiger partial charge in [0.25, 0.3) is 5.56 Å². The lowest BCUT2D eigenvalue weighted by Gasteiger charge is -2.29. The van der Waals surface area contributed by atoms with Gasteiger partial charge in [-0.1, -0.05) is 12.1 Å². The molecule has 112 valence electrons. The molecule has 0 aliphatic carbocycles. The van der Waals surface area contributed by atoms with E-state index in [-0.39, 0.29) is 11.4 Å². The van der Waals surface area contributed by atoms with Crippen molar-refractivity contribution in [2.75, 3.05) is 6.54 Å². The van der Waals surface area contributed by atoms with Crippen molar-refractivity contribution >= 4 is 0 Å². The zero-order chi connectivity index (χ0) is 14.7. The number of benzene rings is 1. The fourth-order valence-corrected chi connectivity index (χ4v) is 2.98. The molecular formula is C16H19FN2O2. The van der Waals surface area contributed by atoms with Gasteiger partial charge in [-0.3, -0.25) is 4.79 Å². The Morgan fingerprint density at radius 2 is 2.10 bits per heavy atom. The van der Waals surface area contributed by atoms with Crippen LogP contribution in [0.15, 0.2) is 39.6 Å². The summed E-state index contributed by atoms with van der Waals surface area (Å²) >= 11 is 0. The summed E-state index contributed by atoms with van der Waals surface area (Å²) in [6, 6.07) is 8.62. The van der Waals surface area contributed by atoms with Crippen molar-refractivity contribution in [3.63, 3.8) is 0 Å². The van der Waals surface area contributed by atoms with E-state index in [1.54, 1.807) is 6.07 Å². The number of aryl methyl sites for hydroxylation is 1. The van der Waals surface area contributed by atoms with Crippen LogP contribution >= 0.6 is 0 Å². The molecule has 4 nitrogen and oxygen atoms in total. The van der Waals surface area contributed by atoms with Crippen molar-refractivity contribution < 1.29 is 8.91 Å². The largest absolute Gasteiger partial charge is 0.383 e. The van der Waals surface area contributed by atoms with Gasteiger partial charge in [0.2, 0.25) is 0 Å². The minimum absolute atomic E-state index is 0.175. The van der Waals surface area contributed by atoms with E-state index >= 15 is 0 Å². The van der Waals surface area contributed by atoms with Gasteiger partial charge in [-0.25, -0.2) is 4.39 Å². The van der Waals surface area contributed by atoms with Gasteiger partial charge in [-0.05, 0) is 49.9 Å². The molecule has 5 heteroatoms. The molecule has 2 atom stereocenters. The summed E-state index contributed by atoms with van der Waals surface area (Å²) < 4.78 is 18.1. The lowest BCUT2D eigenvalue weighted by Crippen LogP contribution is -2.37. The summed E-state index contributed by atoms with van der Waals surface area (Å²) in [5, 5.41) is 5.86. The summed E-state index contributed by atoms with van der Waals surface area (Å²) in [6.45, 7) is 0.924. The molecule has 2 N–H and O–H groups in total. The summed E-state index contributed by atoms with van der Waals surface area (Å²) in [7, 11) is 0. The van der Waals surface area contributed by atoms with E-state index in [2.05, 4.69) is 10.5 Å². The summed E-state index contributed by atoms with van der Waals surface area (Å²) in [5.41, 5.74) is 0.972. The molecule has 1 fully saturated rings. The monoisotopic (exact) mass is 290 g/mol. The smallest absolute Gasteiger partial charge is 0.280 e. The number of hydrogen-bond acceptors (Lipinski definition) is 3. The average Bonchev–Trinajstić information content (AvgIpc) is 2.94. The van der Waals surface area contributed by atoms with E-state index in [1.165, 1.54) is 12.1 Å². The SMILES string of the molecule is O=c1cc([C@@H]2CCN[C@@H](CCc3ccc(F)cc3)C2)o[nH]1. The van der Waals surface area contributed by atoms with Crippen molar-refractivity contribution in [2.45, 2.75) is 37.6 Å². The highest BCUT2D eigenvalue weighted by molar-refractivity contribution is 5.16. The lowest BCUT2D eigenvalue weighted by atomic mass is 9.88. The van der Waals surface area contributed by atoms with Crippen molar-refractivity contribution in [3.8, 4) is 0 Å². The van der Waals surface area contributed by atoms with Crippen LogP contribution in [0.25, 0.3) is 0 Å². The molecule has 0 radical (unpaired) electrons. The minimum atomic E-state index is -0.197. The number of aromatic nitrogens is 1. The Kier molecular flexibility index (Phi) is 4.20. The Labute approximate surface area is 122 Å². The molecule has 1 aromatic heterocycles. The van der Waals surface area contributed by atoms with E-state index in [1.807, 2.05) is 12.1 Å². The Balaban J connectivity index is 1.56. The Morgan fingerprint density at radius 3 is 2.81 bits per heavy atom. The van der Waals surface area contributed by atoms with Gasteiger partial charge in [0.1, 0.15) is 11.6 Å². The van der Waals surface area contributed by atoms with Crippen LogP contribution in [0, 0.1) is 5.82 Å². The van der Waals surface area contributed by atoms with Crippen LogP contribution in [0.5, 0.6) is 0 Å². The van der Waals surface area contributed by atoms with Crippen molar-refractivity contribution in [1.82, 2.24) is 10.5 Å². The highest BCUT2D eigenvalue weighted by atomic mass is 19.1. The summed E-state index contributed by atoms with van der Waals surface area (Å²) in [6.07, 6.45) is 3.86. The van der Waals surface area contributed by atoms with E-state index in [0.717, 1.165) is 43.6 Å². The molecule has 1 aliphatic rings. The van der Waals surface area contributed by atoms with Gasteiger partial charge in [0.15, 0.2) is 0 Å². The van der Waals surface area contributed by atoms with E-state index in [9.17, 15) is 9.18 Å². The fraction of sp³-hybridized carbons (Fsp3) is 0.438. The molecule has 0 bridgehead atoms. The van der Waals surface area contributed by atoms with Gasteiger partial charge < -0.3 is 9.84 Å². The standard InChI is InChI=1S/C16H19FN2O2/c17-13-4-1-11(2-5-13)3-6-14-9-12(7-8-18-14)15-10-16(20)19-21-15/h1-2,4-5,10,12,14,18H,3,6-9H2,(H,19,20)/t12-,14+/m1/s1.